The summed E-state index contributed by atoms with van der Waals surface area (Å²) in [7, 11) is 3.98. The molecule has 0 aromatic heterocycles. The first-order chi connectivity index (χ1) is 11.4. The largest absolute Gasteiger partial charge is 0.486 e. The van der Waals surface area contributed by atoms with E-state index in [0.717, 1.165) is 29.7 Å². The highest BCUT2D eigenvalue weighted by molar-refractivity contribution is 6.33. The Morgan fingerprint density at radius 1 is 1.29 bits per heavy atom. The summed E-state index contributed by atoms with van der Waals surface area (Å²) in [4.78, 5) is 16.1. The van der Waals surface area contributed by atoms with Crippen molar-refractivity contribution in [3.05, 3.63) is 69.2 Å². The van der Waals surface area contributed by atoms with Crippen LogP contribution in [-0.2, 0) is 4.79 Å². The number of hydrogen-bond donors (Lipinski definition) is 1. The first-order valence-electron chi connectivity index (χ1n) is 7.62. The number of halogens is 1. The van der Waals surface area contributed by atoms with E-state index < -0.39 is 5.97 Å². The molecule has 0 bridgehead atoms. The molecule has 2 rings (SSSR count). The van der Waals surface area contributed by atoms with Gasteiger partial charge >= 0.3 is 5.97 Å². The van der Waals surface area contributed by atoms with E-state index in [9.17, 15) is 4.79 Å². The van der Waals surface area contributed by atoms with Crippen molar-refractivity contribution >= 4 is 29.3 Å². The maximum Gasteiger partial charge on any atom is 0.333 e. The molecule has 1 aromatic carbocycles. The highest BCUT2D eigenvalue weighted by Crippen LogP contribution is 2.35. The fourth-order valence-electron chi connectivity index (χ4n) is 2.54. The molecule has 124 valence electrons. The number of nitrogens with zero attached hydrogens (tertiary/aromatic N) is 2. The van der Waals surface area contributed by atoms with Crippen LogP contribution in [-0.4, -0.2) is 25.2 Å². The molecule has 0 amide bonds. The molecule has 24 heavy (non-hydrogen) atoms. The van der Waals surface area contributed by atoms with Crippen LogP contribution in [0.1, 0.15) is 24.8 Å². The summed E-state index contributed by atoms with van der Waals surface area (Å²) in [6.45, 7) is 6.95. The number of hydrogen-bond acceptors (Lipinski definition) is 2. The molecule has 0 atom stereocenters. The minimum atomic E-state index is -1.22. The van der Waals surface area contributed by atoms with Gasteiger partial charge in [-0.3, -0.25) is 4.79 Å². The van der Waals surface area contributed by atoms with Crippen molar-refractivity contribution in [1.29, 1.82) is 0 Å². The second-order valence-corrected chi connectivity index (χ2v) is 6.17. The third kappa shape index (κ3) is 4.27. The normalized spacial score (nSPS) is 16.9. The van der Waals surface area contributed by atoms with E-state index in [1.54, 1.807) is 0 Å². The van der Waals surface area contributed by atoms with E-state index in [0.29, 0.717) is 17.0 Å². The molecule has 5 heteroatoms. The lowest BCUT2D eigenvalue weighted by atomic mass is 9.93. The number of anilines is 1. The lowest BCUT2D eigenvalue weighted by Crippen LogP contribution is -2.07. The summed E-state index contributed by atoms with van der Waals surface area (Å²) in [6, 6.07) is 8.13. The zero-order valence-electron chi connectivity index (χ0n) is 13.7. The maximum atomic E-state index is 11.0. The van der Waals surface area contributed by atoms with Crippen LogP contribution in [0.4, 0.5) is 5.69 Å². The molecule has 1 N–H and O–H groups in total. The zero-order valence-corrected chi connectivity index (χ0v) is 14.5. The van der Waals surface area contributed by atoms with Crippen LogP contribution in [0.5, 0.6) is 0 Å². The van der Waals surface area contributed by atoms with Crippen molar-refractivity contribution in [3.8, 4) is 0 Å². The van der Waals surface area contributed by atoms with Crippen LogP contribution in [0.3, 0.4) is 0 Å². The lowest BCUT2D eigenvalue weighted by molar-refractivity contribution is -0.132. The molecule has 0 aliphatic heterocycles. The molecule has 0 fully saturated rings. The van der Waals surface area contributed by atoms with E-state index in [1.165, 1.54) is 6.08 Å². The van der Waals surface area contributed by atoms with Gasteiger partial charge in [-0.15, -0.1) is 0 Å². The van der Waals surface area contributed by atoms with Crippen LogP contribution in [0.2, 0.25) is 0 Å². The van der Waals surface area contributed by atoms with Gasteiger partial charge in [-0.25, -0.2) is 4.85 Å². The Labute approximate surface area is 147 Å². The van der Waals surface area contributed by atoms with Gasteiger partial charge in [0.25, 0.3) is 5.70 Å². The van der Waals surface area contributed by atoms with Crippen molar-refractivity contribution in [2.75, 3.05) is 19.0 Å². The van der Waals surface area contributed by atoms with Gasteiger partial charge < -0.3 is 10.0 Å². The molecule has 1 aliphatic carbocycles. The molecule has 4 nitrogen and oxygen atoms in total. The third-order valence-electron chi connectivity index (χ3n) is 3.86. The first-order valence-corrected chi connectivity index (χ1v) is 7.99. The minimum Gasteiger partial charge on any atom is -0.486 e. The molecule has 1 aliphatic rings. The highest BCUT2D eigenvalue weighted by atomic mass is 35.5. The van der Waals surface area contributed by atoms with Gasteiger partial charge in [0.2, 0.25) is 0 Å². The molecule has 0 saturated heterocycles. The van der Waals surface area contributed by atoms with Gasteiger partial charge in [-0.05, 0) is 54.2 Å². The number of carbonyl (C=O) groups is 1. The number of aliphatic carboxylic acids is 1. The van der Waals surface area contributed by atoms with Gasteiger partial charge in [-0.2, -0.15) is 0 Å². The van der Waals surface area contributed by atoms with Gasteiger partial charge in [0.15, 0.2) is 0 Å². The van der Waals surface area contributed by atoms with Crippen LogP contribution in [0.15, 0.2) is 52.2 Å². The predicted molar refractivity (Wildman–Crippen MR) is 97.8 cm³/mol. The molecule has 1 aromatic rings. The topological polar surface area (TPSA) is 44.9 Å². The van der Waals surface area contributed by atoms with E-state index in [1.807, 2.05) is 49.3 Å². The summed E-state index contributed by atoms with van der Waals surface area (Å²) in [5.74, 6) is -1.22. The van der Waals surface area contributed by atoms with E-state index >= 15 is 0 Å². The van der Waals surface area contributed by atoms with Crippen LogP contribution < -0.4 is 4.90 Å². The number of carboxylic acid groups (broad SMARTS) is 1. The highest BCUT2D eigenvalue weighted by Gasteiger charge is 2.17. The van der Waals surface area contributed by atoms with Gasteiger partial charge in [0.05, 0.1) is 6.57 Å². The first kappa shape index (κ1) is 17.8. The summed E-state index contributed by atoms with van der Waals surface area (Å²) in [5.41, 5.74) is 3.55. The number of carboxylic acids is 1. The summed E-state index contributed by atoms with van der Waals surface area (Å²) in [5, 5.41) is 9.55. The van der Waals surface area contributed by atoms with Gasteiger partial charge in [0, 0.05) is 24.8 Å². The van der Waals surface area contributed by atoms with Crippen molar-refractivity contribution in [3.63, 3.8) is 0 Å². The van der Waals surface area contributed by atoms with Crippen LogP contribution in [0.25, 0.3) is 10.9 Å². The van der Waals surface area contributed by atoms with E-state index in [-0.39, 0.29) is 5.70 Å². The Kier molecular flexibility index (Phi) is 5.83. The Morgan fingerprint density at radius 3 is 2.50 bits per heavy atom. The minimum absolute atomic E-state index is 0.306. The van der Waals surface area contributed by atoms with Crippen molar-refractivity contribution in [2.45, 2.75) is 19.3 Å². The average Bonchev–Trinajstić information content (AvgIpc) is 2.55. The average molecular weight is 343 g/mol. The molecule has 0 saturated carbocycles. The molecule has 0 spiro atoms. The Hall–Kier alpha value is -2.51. The molecular formula is C19H19ClN2O2. The summed E-state index contributed by atoms with van der Waals surface area (Å²) < 4.78 is 0. The standard InChI is InChI=1S/C19H19ClN2O2/c1-21-17(19(23)24)12-15-6-4-5-14(18(15)20)11-13-7-9-16(10-8-13)22(2)3/h7-12H,4-6H2,2-3H3,(H,23,24)/b14-11+,17-12-. The summed E-state index contributed by atoms with van der Waals surface area (Å²) in [6.07, 6.45) is 5.81. The second kappa shape index (κ2) is 7.85. The van der Waals surface area contributed by atoms with Crippen molar-refractivity contribution in [2.24, 2.45) is 0 Å². The third-order valence-corrected chi connectivity index (χ3v) is 4.34. The van der Waals surface area contributed by atoms with Crippen molar-refractivity contribution < 1.29 is 9.90 Å². The van der Waals surface area contributed by atoms with Crippen LogP contribution in [0, 0.1) is 6.57 Å². The van der Waals surface area contributed by atoms with Crippen LogP contribution >= 0.6 is 11.6 Å². The Bertz CT molecular complexity index is 766. The molecular weight excluding hydrogens is 324 g/mol. The second-order valence-electron chi connectivity index (χ2n) is 5.79. The fourth-order valence-corrected chi connectivity index (χ4v) is 2.84. The smallest absolute Gasteiger partial charge is 0.333 e. The molecule has 0 heterocycles. The lowest BCUT2D eigenvalue weighted by Gasteiger charge is -2.18. The summed E-state index contributed by atoms with van der Waals surface area (Å²) >= 11 is 6.45. The Morgan fingerprint density at radius 2 is 1.96 bits per heavy atom. The number of benzene rings is 1. The fraction of sp³-hybridized carbons (Fsp3) is 0.263. The van der Waals surface area contributed by atoms with Crippen molar-refractivity contribution in [1.82, 2.24) is 0 Å². The zero-order chi connectivity index (χ0) is 17.7. The SMILES string of the molecule is [C-]#[N+]/C(=C\C1=C(Cl)C(=C/c2ccc(N(C)C)cc2)/CCC1)C(=O)O. The number of rotatable bonds is 4. The molecule has 0 unspecified atom stereocenters. The Balaban J connectivity index is 2.35. The quantitative estimate of drug-likeness (QED) is 0.637. The van der Waals surface area contributed by atoms with Gasteiger partial charge in [0.1, 0.15) is 0 Å². The maximum absolute atomic E-state index is 11.0. The van der Waals surface area contributed by atoms with E-state index in [4.69, 9.17) is 23.3 Å². The number of allylic oxidation sites excluding steroid dienone is 4. The van der Waals surface area contributed by atoms with E-state index in [2.05, 4.69) is 4.85 Å². The van der Waals surface area contributed by atoms with Gasteiger partial charge in [-0.1, -0.05) is 29.8 Å². The molecule has 0 radical (unpaired) electrons. The monoisotopic (exact) mass is 342 g/mol. The predicted octanol–water partition coefficient (Wildman–Crippen LogP) is 4.70.